The Balaban J connectivity index is 2.28. The first-order valence-electron chi connectivity index (χ1n) is 5.46. The number of rotatable bonds is 0. The molecule has 0 unspecified atom stereocenters. The lowest BCUT2D eigenvalue weighted by Crippen LogP contribution is -2.16. The van der Waals surface area contributed by atoms with Crippen molar-refractivity contribution >= 4 is 5.78 Å². The molecule has 0 spiro atoms. The highest BCUT2D eigenvalue weighted by atomic mass is 16.1. The van der Waals surface area contributed by atoms with E-state index in [9.17, 15) is 4.79 Å². The van der Waals surface area contributed by atoms with E-state index < -0.39 is 0 Å². The fourth-order valence-corrected chi connectivity index (χ4v) is 2.34. The molecule has 0 N–H and O–H groups in total. The van der Waals surface area contributed by atoms with Crippen molar-refractivity contribution in [3.8, 4) is 6.07 Å². The van der Waals surface area contributed by atoms with Crippen LogP contribution in [0.15, 0.2) is 42.5 Å². The molecule has 1 aliphatic rings. The predicted molar refractivity (Wildman–Crippen MR) is 63.8 cm³/mol. The topological polar surface area (TPSA) is 40.9 Å². The number of nitrogens with zero attached hydrogens (tertiary/aromatic N) is 1. The van der Waals surface area contributed by atoms with Gasteiger partial charge >= 0.3 is 0 Å². The van der Waals surface area contributed by atoms with Crippen LogP contribution in [0.3, 0.4) is 0 Å². The molecule has 0 fully saturated rings. The van der Waals surface area contributed by atoms with Crippen LogP contribution >= 0.6 is 0 Å². The second kappa shape index (κ2) is 3.57. The van der Waals surface area contributed by atoms with Gasteiger partial charge < -0.3 is 0 Å². The molecule has 0 heterocycles. The lowest BCUT2D eigenvalue weighted by molar-refractivity contribution is 0.103. The maximum Gasteiger partial charge on any atom is 0.194 e. The Kier molecular flexibility index (Phi) is 2.06. The number of fused-ring (bicyclic) bond motifs is 2. The summed E-state index contributed by atoms with van der Waals surface area (Å²) < 4.78 is 0. The van der Waals surface area contributed by atoms with E-state index in [0.29, 0.717) is 11.1 Å². The molecule has 1 aliphatic carbocycles. The minimum atomic E-state index is -0.0287. The van der Waals surface area contributed by atoms with Crippen LogP contribution in [-0.2, 0) is 6.42 Å². The van der Waals surface area contributed by atoms with Gasteiger partial charge in [0.1, 0.15) is 0 Å². The van der Waals surface area contributed by atoms with E-state index >= 15 is 0 Å². The van der Waals surface area contributed by atoms with Crippen LogP contribution in [0.2, 0.25) is 0 Å². The first kappa shape index (κ1) is 9.80. The molecule has 2 nitrogen and oxygen atoms in total. The molecule has 2 aromatic rings. The standard InChI is InChI=1S/C15H9NO/c16-9-12-6-3-5-11-8-10-4-1-2-7-13(10)15(17)14(11)12/h1-7H,8H2. The molecule has 2 aromatic carbocycles. The van der Waals surface area contributed by atoms with E-state index in [1.165, 1.54) is 0 Å². The third kappa shape index (κ3) is 1.37. The van der Waals surface area contributed by atoms with E-state index in [2.05, 4.69) is 6.07 Å². The molecule has 0 atom stereocenters. The maximum absolute atomic E-state index is 12.3. The van der Waals surface area contributed by atoms with Crippen LogP contribution in [0.4, 0.5) is 0 Å². The molecule has 0 aliphatic heterocycles. The molecule has 17 heavy (non-hydrogen) atoms. The summed E-state index contributed by atoms with van der Waals surface area (Å²) in [5, 5.41) is 9.06. The SMILES string of the molecule is N#Cc1cccc2c1C(=O)c1ccccc1C2. The average Bonchev–Trinajstić information content (AvgIpc) is 2.38. The van der Waals surface area contributed by atoms with Crippen molar-refractivity contribution in [3.05, 3.63) is 70.3 Å². The zero-order valence-electron chi connectivity index (χ0n) is 9.10. The van der Waals surface area contributed by atoms with Crippen LogP contribution in [0.25, 0.3) is 0 Å². The van der Waals surface area contributed by atoms with Gasteiger partial charge in [-0.1, -0.05) is 36.4 Å². The minimum Gasteiger partial charge on any atom is -0.289 e. The summed E-state index contributed by atoms with van der Waals surface area (Å²) in [5.41, 5.74) is 3.77. The lowest BCUT2D eigenvalue weighted by Gasteiger charge is -2.18. The molecule has 0 bridgehead atoms. The van der Waals surface area contributed by atoms with Crippen LogP contribution < -0.4 is 0 Å². The van der Waals surface area contributed by atoms with Crippen molar-refractivity contribution in [1.82, 2.24) is 0 Å². The van der Waals surface area contributed by atoms with Gasteiger partial charge in [-0.15, -0.1) is 0 Å². The summed E-state index contributed by atoms with van der Waals surface area (Å²) >= 11 is 0. The van der Waals surface area contributed by atoms with Crippen molar-refractivity contribution in [2.75, 3.05) is 0 Å². The zero-order valence-corrected chi connectivity index (χ0v) is 9.10. The smallest absolute Gasteiger partial charge is 0.194 e. The van der Waals surface area contributed by atoms with Crippen molar-refractivity contribution < 1.29 is 4.79 Å². The van der Waals surface area contributed by atoms with Crippen LogP contribution in [0.1, 0.15) is 32.6 Å². The first-order valence-corrected chi connectivity index (χ1v) is 5.46. The molecule has 3 rings (SSSR count). The van der Waals surface area contributed by atoms with Gasteiger partial charge in [0, 0.05) is 11.1 Å². The van der Waals surface area contributed by atoms with Gasteiger partial charge in [-0.2, -0.15) is 5.26 Å². The molecule has 0 amide bonds. The summed E-state index contributed by atoms with van der Waals surface area (Å²) in [6, 6.07) is 15.1. The second-order valence-corrected chi connectivity index (χ2v) is 4.11. The summed E-state index contributed by atoms with van der Waals surface area (Å²) in [7, 11) is 0. The molecular weight excluding hydrogens is 210 g/mol. The maximum atomic E-state index is 12.3. The van der Waals surface area contributed by atoms with Crippen molar-refractivity contribution in [2.24, 2.45) is 0 Å². The highest BCUT2D eigenvalue weighted by Crippen LogP contribution is 2.28. The third-order valence-corrected chi connectivity index (χ3v) is 3.14. The normalized spacial score (nSPS) is 12.5. The quantitative estimate of drug-likeness (QED) is 0.583. The van der Waals surface area contributed by atoms with E-state index in [1.807, 2.05) is 36.4 Å². The van der Waals surface area contributed by atoms with Gasteiger partial charge in [-0.25, -0.2) is 0 Å². The van der Waals surface area contributed by atoms with Crippen LogP contribution in [0, 0.1) is 11.3 Å². The monoisotopic (exact) mass is 219 g/mol. The van der Waals surface area contributed by atoms with E-state index in [0.717, 1.165) is 23.1 Å². The van der Waals surface area contributed by atoms with Crippen molar-refractivity contribution in [2.45, 2.75) is 6.42 Å². The van der Waals surface area contributed by atoms with Gasteiger partial charge in [0.15, 0.2) is 5.78 Å². The van der Waals surface area contributed by atoms with E-state index in [4.69, 9.17) is 5.26 Å². The molecule has 0 aromatic heterocycles. The summed E-state index contributed by atoms with van der Waals surface area (Å²) in [6.45, 7) is 0. The molecule has 0 radical (unpaired) electrons. The van der Waals surface area contributed by atoms with E-state index in [-0.39, 0.29) is 5.78 Å². The van der Waals surface area contributed by atoms with Gasteiger partial charge in [-0.3, -0.25) is 4.79 Å². The number of carbonyl (C=O) groups is 1. The Bertz CT molecular complexity index is 665. The molecule has 0 saturated heterocycles. The fourth-order valence-electron chi connectivity index (χ4n) is 2.34. The van der Waals surface area contributed by atoms with Gasteiger partial charge in [0.2, 0.25) is 0 Å². The number of hydrogen-bond acceptors (Lipinski definition) is 2. The van der Waals surface area contributed by atoms with Gasteiger partial charge in [0.25, 0.3) is 0 Å². The van der Waals surface area contributed by atoms with Gasteiger partial charge in [0.05, 0.1) is 11.6 Å². The fraction of sp³-hybridized carbons (Fsp3) is 0.0667. The number of benzene rings is 2. The van der Waals surface area contributed by atoms with Crippen LogP contribution in [0.5, 0.6) is 0 Å². The number of hydrogen-bond donors (Lipinski definition) is 0. The Hall–Kier alpha value is -2.40. The minimum absolute atomic E-state index is 0.0287. The molecule has 80 valence electrons. The summed E-state index contributed by atoms with van der Waals surface area (Å²) in [6.07, 6.45) is 0.729. The second-order valence-electron chi connectivity index (χ2n) is 4.11. The summed E-state index contributed by atoms with van der Waals surface area (Å²) in [4.78, 5) is 12.3. The van der Waals surface area contributed by atoms with Crippen molar-refractivity contribution in [3.63, 3.8) is 0 Å². The van der Waals surface area contributed by atoms with E-state index in [1.54, 1.807) is 6.07 Å². The largest absolute Gasteiger partial charge is 0.289 e. The zero-order chi connectivity index (χ0) is 11.8. The Morgan fingerprint density at radius 2 is 1.76 bits per heavy atom. The highest BCUT2D eigenvalue weighted by Gasteiger charge is 2.24. The number of carbonyl (C=O) groups excluding carboxylic acids is 1. The average molecular weight is 219 g/mol. The molecule has 2 heteroatoms. The molecular formula is C15H9NO. The third-order valence-electron chi connectivity index (χ3n) is 3.14. The van der Waals surface area contributed by atoms with Crippen LogP contribution in [-0.4, -0.2) is 5.78 Å². The van der Waals surface area contributed by atoms with Gasteiger partial charge in [-0.05, 0) is 23.6 Å². The number of ketones is 1. The van der Waals surface area contributed by atoms with Crippen molar-refractivity contribution in [1.29, 1.82) is 5.26 Å². The predicted octanol–water partition coefficient (Wildman–Crippen LogP) is 2.69. The highest BCUT2D eigenvalue weighted by molar-refractivity contribution is 6.13. The Labute approximate surface area is 99.1 Å². The Morgan fingerprint density at radius 1 is 1.00 bits per heavy atom. The first-order chi connectivity index (χ1) is 8.31. The Morgan fingerprint density at radius 3 is 2.59 bits per heavy atom. The summed E-state index contributed by atoms with van der Waals surface area (Å²) in [5.74, 6) is -0.0287. The molecule has 0 saturated carbocycles. The lowest BCUT2D eigenvalue weighted by atomic mass is 9.83. The number of nitriles is 1.